The lowest BCUT2D eigenvalue weighted by Gasteiger charge is -2.06. The summed E-state index contributed by atoms with van der Waals surface area (Å²) in [6, 6.07) is 4.73. The molecule has 0 unspecified atom stereocenters. The second-order valence-corrected chi connectivity index (χ2v) is 7.15. The number of aromatic nitrogens is 2. The number of aryl methyl sites for hydroxylation is 2. The molecule has 0 amide bonds. The molecule has 5 nitrogen and oxygen atoms in total. The molecule has 0 aliphatic heterocycles. The summed E-state index contributed by atoms with van der Waals surface area (Å²) in [7, 11) is -3.59. The fourth-order valence-corrected chi connectivity index (χ4v) is 3.14. The van der Waals surface area contributed by atoms with Crippen molar-refractivity contribution in [1.29, 1.82) is 0 Å². The minimum atomic E-state index is -3.59. The van der Waals surface area contributed by atoms with Crippen molar-refractivity contribution in [3.05, 3.63) is 46.4 Å². The van der Waals surface area contributed by atoms with E-state index >= 15 is 0 Å². The molecule has 21 heavy (non-hydrogen) atoms. The molecule has 2 rings (SSSR count). The van der Waals surface area contributed by atoms with Crippen molar-refractivity contribution in [2.75, 3.05) is 6.54 Å². The van der Waals surface area contributed by atoms with Crippen LogP contribution in [-0.2, 0) is 16.6 Å². The molecule has 0 aliphatic carbocycles. The summed E-state index contributed by atoms with van der Waals surface area (Å²) in [6.07, 6.45) is 2.46. The maximum absolute atomic E-state index is 12.8. The molecule has 0 saturated carbocycles. The molecule has 0 bridgehead atoms. The van der Waals surface area contributed by atoms with Crippen molar-refractivity contribution in [3.8, 4) is 0 Å². The third-order valence-electron chi connectivity index (χ3n) is 2.87. The van der Waals surface area contributed by atoms with Crippen molar-refractivity contribution in [2.45, 2.75) is 24.8 Å². The summed E-state index contributed by atoms with van der Waals surface area (Å²) in [4.78, 5) is 0.0570. The van der Waals surface area contributed by atoms with Crippen LogP contribution in [0.4, 0.5) is 4.39 Å². The molecule has 114 valence electrons. The molecule has 8 heteroatoms. The van der Waals surface area contributed by atoms with E-state index in [9.17, 15) is 12.8 Å². The van der Waals surface area contributed by atoms with Crippen molar-refractivity contribution in [1.82, 2.24) is 14.5 Å². The molecule has 2 aromatic rings. The van der Waals surface area contributed by atoms with Gasteiger partial charge in [0.2, 0.25) is 10.0 Å². The van der Waals surface area contributed by atoms with E-state index in [2.05, 4.69) is 25.8 Å². The summed E-state index contributed by atoms with van der Waals surface area (Å²) in [6.45, 7) is 2.78. The largest absolute Gasteiger partial charge is 0.271 e. The molecule has 0 fully saturated rings. The van der Waals surface area contributed by atoms with Crippen LogP contribution in [0, 0.1) is 12.7 Å². The topological polar surface area (TPSA) is 64.0 Å². The normalized spacial score (nSPS) is 11.8. The zero-order valence-electron chi connectivity index (χ0n) is 11.4. The number of hydrogen-bond acceptors (Lipinski definition) is 3. The highest BCUT2D eigenvalue weighted by molar-refractivity contribution is 9.10. The molecular formula is C13H15BrFN3O2S. The van der Waals surface area contributed by atoms with Crippen molar-refractivity contribution in [3.63, 3.8) is 0 Å². The first kappa shape index (κ1) is 16.1. The summed E-state index contributed by atoms with van der Waals surface area (Å²) < 4.78 is 41.8. The standard InChI is InChI=1S/C13H15BrFN3O2S/c1-10-13(14)9-18(17-10)8-2-7-16-21(19,20)12-5-3-11(15)4-6-12/h3-6,9,16H,2,7-8H2,1H3. The van der Waals surface area contributed by atoms with Gasteiger partial charge in [-0.25, -0.2) is 17.5 Å². The van der Waals surface area contributed by atoms with Crippen LogP contribution >= 0.6 is 15.9 Å². The van der Waals surface area contributed by atoms with Crippen molar-refractivity contribution < 1.29 is 12.8 Å². The lowest BCUT2D eigenvalue weighted by molar-refractivity contribution is 0.551. The third kappa shape index (κ3) is 4.36. The van der Waals surface area contributed by atoms with Gasteiger partial charge in [0, 0.05) is 19.3 Å². The van der Waals surface area contributed by atoms with Crippen LogP contribution in [0.15, 0.2) is 39.8 Å². The Bertz CT molecular complexity index is 694. The van der Waals surface area contributed by atoms with E-state index < -0.39 is 15.8 Å². The number of hydrogen-bond donors (Lipinski definition) is 1. The molecule has 0 saturated heterocycles. The first-order valence-electron chi connectivity index (χ1n) is 6.33. The predicted octanol–water partition coefficient (Wildman–Crippen LogP) is 2.46. The Kier molecular flexibility index (Phi) is 5.13. The highest BCUT2D eigenvalue weighted by Crippen LogP contribution is 2.13. The van der Waals surface area contributed by atoms with E-state index in [-0.39, 0.29) is 11.4 Å². The van der Waals surface area contributed by atoms with Gasteiger partial charge in [-0.1, -0.05) is 0 Å². The Morgan fingerprint density at radius 1 is 1.33 bits per heavy atom. The van der Waals surface area contributed by atoms with Crippen LogP contribution in [0.5, 0.6) is 0 Å². The summed E-state index contributed by atoms with van der Waals surface area (Å²) in [5.74, 6) is -0.464. The van der Waals surface area contributed by atoms with Gasteiger partial charge in [0.1, 0.15) is 5.82 Å². The maximum Gasteiger partial charge on any atom is 0.240 e. The zero-order valence-corrected chi connectivity index (χ0v) is 13.8. The maximum atomic E-state index is 12.8. The van der Waals surface area contributed by atoms with Gasteiger partial charge >= 0.3 is 0 Å². The first-order valence-corrected chi connectivity index (χ1v) is 8.61. The first-order chi connectivity index (χ1) is 9.88. The van der Waals surface area contributed by atoms with Gasteiger partial charge in [-0.3, -0.25) is 4.68 Å². The van der Waals surface area contributed by atoms with Crippen LogP contribution in [0.2, 0.25) is 0 Å². The quantitative estimate of drug-likeness (QED) is 0.788. The second kappa shape index (κ2) is 6.67. The molecule has 1 N–H and O–H groups in total. The third-order valence-corrected chi connectivity index (χ3v) is 5.12. The Balaban J connectivity index is 1.86. The van der Waals surface area contributed by atoms with Crippen LogP contribution in [0.3, 0.4) is 0 Å². The van der Waals surface area contributed by atoms with Crippen LogP contribution < -0.4 is 4.72 Å². The Morgan fingerprint density at radius 3 is 2.57 bits per heavy atom. The molecule has 0 aliphatic rings. The Hall–Kier alpha value is -1.25. The molecule has 1 heterocycles. The summed E-state index contributed by atoms with van der Waals surface area (Å²) >= 11 is 3.37. The number of rotatable bonds is 6. The highest BCUT2D eigenvalue weighted by atomic mass is 79.9. The van der Waals surface area contributed by atoms with Gasteiger partial charge in [0.15, 0.2) is 0 Å². The van der Waals surface area contributed by atoms with Crippen LogP contribution in [0.25, 0.3) is 0 Å². The second-order valence-electron chi connectivity index (χ2n) is 4.53. The van der Waals surface area contributed by atoms with Gasteiger partial charge in [-0.2, -0.15) is 5.10 Å². The Labute approximate surface area is 131 Å². The molecular weight excluding hydrogens is 361 g/mol. The predicted molar refractivity (Wildman–Crippen MR) is 80.9 cm³/mol. The molecule has 1 aromatic carbocycles. The van der Waals surface area contributed by atoms with E-state index in [4.69, 9.17) is 0 Å². The Morgan fingerprint density at radius 2 is 2.00 bits per heavy atom. The average molecular weight is 376 g/mol. The summed E-state index contributed by atoms with van der Waals surface area (Å²) in [5, 5.41) is 4.26. The SMILES string of the molecule is Cc1nn(CCCNS(=O)(=O)c2ccc(F)cc2)cc1Br. The molecule has 0 atom stereocenters. The van der Waals surface area contributed by atoms with E-state index in [1.165, 1.54) is 12.1 Å². The average Bonchev–Trinajstić information content (AvgIpc) is 2.74. The lowest BCUT2D eigenvalue weighted by atomic mass is 10.4. The number of nitrogens with one attached hydrogen (secondary N) is 1. The van der Waals surface area contributed by atoms with E-state index in [1.807, 2.05) is 13.1 Å². The smallest absolute Gasteiger partial charge is 0.240 e. The minimum absolute atomic E-state index is 0.0570. The van der Waals surface area contributed by atoms with E-state index in [0.717, 1.165) is 22.3 Å². The van der Waals surface area contributed by atoms with Crippen molar-refractivity contribution >= 4 is 26.0 Å². The van der Waals surface area contributed by atoms with Gasteiger partial charge < -0.3 is 0 Å². The van der Waals surface area contributed by atoms with E-state index in [1.54, 1.807) is 4.68 Å². The van der Waals surface area contributed by atoms with Gasteiger partial charge in [-0.05, 0) is 53.5 Å². The molecule has 1 aromatic heterocycles. The van der Waals surface area contributed by atoms with Gasteiger partial charge in [-0.15, -0.1) is 0 Å². The number of nitrogens with zero attached hydrogens (tertiary/aromatic N) is 2. The molecule has 0 radical (unpaired) electrons. The highest BCUT2D eigenvalue weighted by Gasteiger charge is 2.13. The van der Waals surface area contributed by atoms with Crippen molar-refractivity contribution in [2.24, 2.45) is 0 Å². The number of benzene rings is 1. The number of halogens is 2. The van der Waals surface area contributed by atoms with Gasteiger partial charge in [0.05, 0.1) is 15.1 Å². The van der Waals surface area contributed by atoms with Crippen LogP contribution in [-0.4, -0.2) is 24.7 Å². The monoisotopic (exact) mass is 375 g/mol. The van der Waals surface area contributed by atoms with E-state index in [0.29, 0.717) is 13.0 Å². The van der Waals surface area contributed by atoms with Crippen LogP contribution in [0.1, 0.15) is 12.1 Å². The van der Waals surface area contributed by atoms with Gasteiger partial charge in [0.25, 0.3) is 0 Å². The molecule has 0 spiro atoms. The minimum Gasteiger partial charge on any atom is -0.271 e. The number of sulfonamides is 1. The fraction of sp³-hybridized carbons (Fsp3) is 0.308. The summed E-state index contributed by atoms with van der Waals surface area (Å²) in [5.41, 5.74) is 0.891. The lowest BCUT2D eigenvalue weighted by Crippen LogP contribution is -2.25. The zero-order chi connectivity index (χ0) is 15.5. The fourth-order valence-electron chi connectivity index (χ4n) is 1.75.